The highest BCUT2D eigenvalue weighted by Gasteiger charge is 2.31. The minimum Gasteiger partial charge on any atom is -0.478 e. The number of nitrogens with zero attached hydrogens (tertiary/aromatic N) is 3. The van der Waals surface area contributed by atoms with Crippen LogP contribution in [0.3, 0.4) is 0 Å². The second-order valence-corrected chi connectivity index (χ2v) is 6.34. The van der Waals surface area contributed by atoms with Gasteiger partial charge < -0.3 is 10.4 Å². The fraction of sp³-hybridized carbons (Fsp3) is 0.357. The van der Waals surface area contributed by atoms with E-state index in [0.29, 0.717) is 12.0 Å². The van der Waals surface area contributed by atoms with Crippen molar-refractivity contribution in [2.75, 3.05) is 5.32 Å². The number of carbonyl (C=O) groups is 2. The molecular formula is C14H16N4O5S. The Bertz CT molecular complexity index is 852. The Morgan fingerprint density at radius 2 is 2.04 bits per heavy atom. The molecule has 9 nitrogen and oxygen atoms in total. The first-order valence-electron chi connectivity index (χ1n) is 7.03. The fourth-order valence-corrected chi connectivity index (χ4v) is 3.73. The van der Waals surface area contributed by atoms with Gasteiger partial charge in [0.05, 0.1) is 10.5 Å². The second-order valence-electron chi connectivity index (χ2n) is 5.12. The number of carbonyl (C=O) groups excluding carboxylic acids is 1. The molecule has 2 heterocycles. The molecular weight excluding hydrogens is 336 g/mol. The van der Waals surface area contributed by atoms with Crippen LogP contribution in [-0.4, -0.2) is 31.7 Å². The number of nitrogens with one attached hydrogen (secondary N) is 1. The molecule has 10 heteroatoms. The zero-order valence-corrected chi connectivity index (χ0v) is 14.4. The van der Waals surface area contributed by atoms with E-state index in [4.69, 9.17) is 0 Å². The number of rotatable bonds is 5. The number of carboxylic acid groups (broad SMARTS) is 1. The maximum atomic E-state index is 12.5. The van der Waals surface area contributed by atoms with E-state index in [0.717, 1.165) is 20.9 Å². The monoisotopic (exact) mass is 352 g/mol. The zero-order chi connectivity index (χ0) is 18.2. The second kappa shape index (κ2) is 6.40. The summed E-state index contributed by atoms with van der Waals surface area (Å²) in [5.74, 6) is -1.92. The third-order valence-electron chi connectivity index (χ3n) is 3.59. The molecule has 0 aliphatic carbocycles. The summed E-state index contributed by atoms with van der Waals surface area (Å²) < 4.78 is 1.12. The molecule has 1 amide bonds. The van der Waals surface area contributed by atoms with E-state index in [1.807, 2.05) is 6.92 Å². The van der Waals surface area contributed by atoms with Gasteiger partial charge in [-0.3, -0.25) is 19.6 Å². The topological polar surface area (TPSA) is 127 Å². The van der Waals surface area contributed by atoms with Crippen LogP contribution in [0.25, 0.3) is 0 Å². The maximum Gasteiger partial charge on any atom is 0.339 e. The molecule has 0 fully saturated rings. The van der Waals surface area contributed by atoms with Crippen molar-refractivity contribution >= 4 is 33.9 Å². The molecule has 2 N–H and O–H groups in total. The van der Waals surface area contributed by atoms with E-state index < -0.39 is 22.5 Å². The third-order valence-corrected chi connectivity index (χ3v) is 4.65. The summed E-state index contributed by atoms with van der Waals surface area (Å²) in [5, 5.41) is 27.1. The summed E-state index contributed by atoms with van der Waals surface area (Å²) in [7, 11) is 1.42. The predicted molar refractivity (Wildman–Crippen MR) is 87.9 cm³/mol. The number of nitro groups is 1. The van der Waals surface area contributed by atoms with Gasteiger partial charge >= 0.3 is 11.7 Å². The van der Waals surface area contributed by atoms with Gasteiger partial charge in [-0.15, -0.1) is 11.3 Å². The van der Waals surface area contributed by atoms with Crippen LogP contribution in [0.15, 0.2) is 0 Å². The number of hydrogen-bond donors (Lipinski definition) is 2. The highest BCUT2D eigenvalue weighted by atomic mass is 32.1. The lowest BCUT2D eigenvalue weighted by Gasteiger charge is -2.05. The quantitative estimate of drug-likeness (QED) is 0.628. The van der Waals surface area contributed by atoms with E-state index in [1.54, 1.807) is 6.92 Å². The van der Waals surface area contributed by atoms with Crippen molar-refractivity contribution in [3.8, 4) is 0 Å². The summed E-state index contributed by atoms with van der Waals surface area (Å²) in [6.07, 6.45) is 0.505. The average Bonchev–Trinajstić information content (AvgIpc) is 2.94. The predicted octanol–water partition coefficient (Wildman–Crippen LogP) is 2.52. The van der Waals surface area contributed by atoms with Crippen LogP contribution < -0.4 is 5.32 Å². The Morgan fingerprint density at radius 1 is 1.42 bits per heavy atom. The molecule has 2 aromatic rings. The van der Waals surface area contributed by atoms with E-state index in [9.17, 15) is 24.8 Å². The number of amides is 1. The Balaban J connectivity index is 2.49. The first-order valence-corrected chi connectivity index (χ1v) is 7.85. The van der Waals surface area contributed by atoms with Gasteiger partial charge in [-0.2, -0.15) is 5.10 Å². The lowest BCUT2D eigenvalue weighted by atomic mass is 10.1. The van der Waals surface area contributed by atoms with Crippen LogP contribution in [0.1, 0.15) is 43.9 Å². The molecule has 128 valence electrons. The van der Waals surface area contributed by atoms with Crippen molar-refractivity contribution in [3.63, 3.8) is 0 Å². The van der Waals surface area contributed by atoms with Crippen LogP contribution in [0, 0.1) is 24.0 Å². The third kappa shape index (κ3) is 2.87. The normalized spacial score (nSPS) is 10.7. The molecule has 24 heavy (non-hydrogen) atoms. The van der Waals surface area contributed by atoms with Crippen LogP contribution in [0.2, 0.25) is 0 Å². The summed E-state index contributed by atoms with van der Waals surface area (Å²) in [6, 6.07) is 0. The molecule has 0 aromatic carbocycles. The fourth-order valence-electron chi connectivity index (χ4n) is 2.60. The van der Waals surface area contributed by atoms with Crippen molar-refractivity contribution < 1.29 is 19.6 Å². The van der Waals surface area contributed by atoms with Crippen molar-refractivity contribution in [1.82, 2.24) is 9.78 Å². The van der Waals surface area contributed by atoms with E-state index in [1.165, 1.54) is 14.0 Å². The van der Waals surface area contributed by atoms with Crippen LogP contribution in [0.5, 0.6) is 0 Å². The minimum absolute atomic E-state index is 0.0230. The standard InChI is InChI=1S/C14H16N4O5S/c1-5-8-7(3)24-13(9(8)14(20)21)15-12(19)11-10(18(22)23)6(2)16-17(11)4/h5H2,1-4H3,(H,15,19)(H,20,21). The summed E-state index contributed by atoms with van der Waals surface area (Å²) >= 11 is 1.13. The molecule has 0 radical (unpaired) electrons. The molecule has 0 unspecified atom stereocenters. The number of hydrogen-bond acceptors (Lipinski definition) is 6. The van der Waals surface area contributed by atoms with Gasteiger partial charge in [-0.25, -0.2) is 4.79 Å². The van der Waals surface area contributed by atoms with Gasteiger partial charge in [0.25, 0.3) is 5.91 Å². The van der Waals surface area contributed by atoms with E-state index >= 15 is 0 Å². The number of anilines is 1. The SMILES string of the molecule is CCc1c(C)sc(NC(=O)c2c([N+](=O)[O-])c(C)nn2C)c1C(=O)O. The smallest absolute Gasteiger partial charge is 0.339 e. The molecule has 2 rings (SSSR count). The van der Waals surface area contributed by atoms with E-state index in [-0.39, 0.29) is 22.0 Å². The number of aryl methyl sites for hydroxylation is 3. The van der Waals surface area contributed by atoms with Crippen molar-refractivity contribution in [1.29, 1.82) is 0 Å². The van der Waals surface area contributed by atoms with Crippen LogP contribution >= 0.6 is 11.3 Å². The van der Waals surface area contributed by atoms with Crippen LogP contribution in [-0.2, 0) is 13.5 Å². The van der Waals surface area contributed by atoms with Crippen molar-refractivity contribution in [3.05, 3.63) is 37.5 Å². The van der Waals surface area contributed by atoms with Gasteiger partial charge in [0.1, 0.15) is 10.7 Å². The highest BCUT2D eigenvalue weighted by molar-refractivity contribution is 7.16. The Kier molecular flexibility index (Phi) is 4.69. The lowest BCUT2D eigenvalue weighted by molar-refractivity contribution is -0.385. The molecule has 0 saturated heterocycles. The Labute approximate surface area is 141 Å². The number of carboxylic acids is 1. The lowest BCUT2D eigenvalue weighted by Crippen LogP contribution is -2.18. The summed E-state index contributed by atoms with van der Waals surface area (Å²) in [4.78, 5) is 35.3. The average molecular weight is 352 g/mol. The van der Waals surface area contributed by atoms with Gasteiger partial charge in [-0.05, 0) is 25.8 Å². The first-order chi connectivity index (χ1) is 11.2. The molecule has 0 atom stereocenters. The Morgan fingerprint density at radius 3 is 2.54 bits per heavy atom. The Hall–Kier alpha value is -2.75. The zero-order valence-electron chi connectivity index (χ0n) is 13.5. The minimum atomic E-state index is -1.15. The number of thiophene rings is 1. The summed E-state index contributed by atoms with van der Waals surface area (Å²) in [6.45, 7) is 5.02. The number of aromatic nitrogens is 2. The summed E-state index contributed by atoms with van der Waals surface area (Å²) in [5.41, 5.74) is 0.157. The first kappa shape index (κ1) is 17.6. The van der Waals surface area contributed by atoms with Crippen molar-refractivity contribution in [2.24, 2.45) is 7.05 Å². The van der Waals surface area contributed by atoms with E-state index in [2.05, 4.69) is 10.4 Å². The van der Waals surface area contributed by atoms with Crippen molar-refractivity contribution in [2.45, 2.75) is 27.2 Å². The van der Waals surface area contributed by atoms with Gasteiger partial charge in [0.15, 0.2) is 0 Å². The number of aromatic carboxylic acids is 1. The van der Waals surface area contributed by atoms with Gasteiger partial charge in [-0.1, -0.05) is 6.92 Å². The molecule has 0 spiro atoms. The highest BCUT2D eigenvalue weighted by Crippen LogP contribution is 2.34. The van der Waals surface area contributed by atoms with Gasteiger partial charge in [0, 0.05) is 11.9 Å². The van der Waals surface area contributed by atoms with Crippen LogP contribution in [0.4, 0.5) is 10.7 Å². The van der Waals surface area contributed by atoms with Gasteiger partial charge in [0.2, 0.25) is 5.69 Å². The molecule has 0 saturated carbocycles. The molecule has 2 aromatic heterocycles. The molecule has 0 bridgehead atoms. The molecule has 0 aliphatic rings. The largest absolute Gasteiger partial charge is 0.478 e. The molecule has 0 aliphatic heterocycles. The maximum absolute atomic E-state index is 12.5.